The van der Waals surface area contributed by atoms with Crippen LogP contribution in [-0.4, -0.2) is 6.54 Å². The number of hydrogen-bond acceptors (Lipinski definition) is 2. The van der Waals surface area contributed by atoms with Crippen molar-refractivity contribution in [2.24, 2.45) is 11.7 Å². The Balaban J connectivity index is 2.38. The number of fused-ring (bicyclic) bond motifs is 1. The minimum atomic E-state index is 0.358. The molecule has 0 spiro atoms. The molecule has 0 aliphatic heterocycles. The molecule has 0 saturated heterocycles. The minimum Gasteiger partial charge on any atom is -0.449 e. The Morgan fingerprint density at radius 3 is 3.15 bits per heavy atom. The van der Waals surface area contributed by atoms with Crippen molar-refractivity contribution < 1.29 is 4.42 Å². The maximum atomic E-state index is 5.81. The normalized spacial score (nSPS) is 27.3. The molecule has 1 aromatic rings. The number of furan rings is 1. The van der Waals surface area contributed by atoms with Crippen molar-refractivity contribution in [2.45, 2.75) is 25.7 Å². The quantitative estimate of drug-likeness (QED) is 0.755. The van der Waals surface area contributed by atoms with Gasteiger partial charge in [-0.05, 0) is 42.0 Å². The summed E-state index contributed by atoms with van der Waals surface area (Å²) in [6, 6.07) is 1.92. The second-order valence-corrected chi connectivity index (χ2v) is 4.17. The molecule has 13 heavy (non-hydrogen) atoms. The molecule has 72 valence electrons. The van der Waals surface area contributed by atoms with Crippen LogP contribution < -0.4 is 5.73 Å². The molecule has 0 aromatic carbocycles. The van der Waals surface area contributed by atoms with E-state index in [0.717, 1.165) is 12.2 Å². The van der Waals surface area contributed by atoms with Gasteiger partial charge in [-0.3, -0.25) is 0 Å². The first-order chi connectivity index (χ1) is 6.22. The Labute approximate surface area is 83.1 Å². The second kappa shape index (κ2) is 3.35. The predicted octanol–water partition coefficient (Wildman–Crippen LogP) is 2.56. The number of aryl methyl sites for hydroxylation is 1. The van der Waals surface area contributed by atoms with Crippen LogP contribution in [0.5, 0.6) is 0 Å². The summed E-state index contributed by atoms with van der Waals surface area (Å²) in [6.07, 6.45) is 2.26. The van der Waals surface area contributed by atoms with E-state index >= 15 is 0 Å². The molecular weight excluding hydrogens is 186 g/mol. The van der Waals surface area contributed by atoms with Crippen LogP contribution in [0.15, 0.2) is 10.5 Å². The van der Waals surface area contributed by atoms with E-state index in [1.807, 2.05) is 6.07 Å². The van der Waals surface area contributed by atoms with Gasteiger partial charge in [0.05, 0.1) is 0 Å². The van der Waals surface area contributed by atoms with Crippen LogP contribution in [0.2, 0.25) is 5.22 Å². The average Bonchev–Trinajstić information content (AvgIpc) is 2.45. The summed E-state index contributed by atoms with van der Waals surface area (Å²) < 4.78 is 5.47. The van der Waals surface area contributed by atoms with Gasteiger partial charge in [0, 0.05) is 12.5 Å². The first-order valence-corrected chi connectivity index (χ1v) is 5.08. The molecule has 1 aromatic heterocycles. The standard InChI is InChI=1S/C10H14ClNO/c1-6-2-3-7-4-9(11)13-10(7)8(6)5-12/h4,6,8H,2-3,5,12H2,1H3. The van der Waals surface area contributed by atoms with Crippen molar-refractivity contribution in [3.63, 3.8) is 0 Å². The lowest BCUT2D eigenvalue weighted by molar-refractivity contribution is 0.341. The van der Waals surface area contributed by atoms with Gasteiger partial charge in [-0.25, -0.2) is 0 Å². The molecule has 0 saturated carbocycles. The van der Waals surface area contributed by atoms with Crippen LogP contribution in [0.1, 0.15) is 30.6 Å². The van der Waals surface area contributed by atoms with Crippen LogP contribution in [0, 0.1) is 5.92 Å². The fraction of sp³-hybridized carbons (Fsp3) is 0.600. The second-order valence-electron chi connectivity index (χ2n) is 3.80. The molecule has 2 nitrogen and oxygen atoms in total. The van der Waals surface area contributed by atoms with Crippen molar-refractivity contribution in [2.75, 3.05) is 6.54 Å². The van der Waals surface area contributed by atoms with Crippen molar-refractivity contribution in [3.8, 4) is 0 Å². The van der Waals surface area contributed by atoms with Crippen molar-refractivity contribution >= 4 is 11.6 Å². The number of nitrogens with two attached hydrogens (primary N) is 1. The van der Waals surface area contributed by atoms with Gasteiger partial charge in [0.15, 0.2) is 5.22 Å². The highest BCUT2D eigenvalue weighted by molar-refractivity contribution is 6.28. The molecule has 2 unspecified atom stereocenters. The van der Waals surface area contributed by atoms with Gasteiger partial charge in [-0.2, -0.15) is 0 Å². The smallest absolute Gasteiger partial charge is 0.193 e. The molecule has 1 heterocycles. The van der Waals surface area contributed by atoms with Gasteiger partial charge in [0.25, 0.3) is 0 Å². The fourth-order valence-corrected chi connectivity index (χ4v) is 2.31. The summed E-state index contributed by atoms with van der Waals surface area (Å²) in [5, 5.41) is 0.498. The molecular formula is C10H14ClNO. The summed E-state index contributed by atoms with van der Waals surface area (Å²) in [7, 11) is 0. The van der Waals surface area contributed by atoms with E-state index in [1.54, 1.807) is 0 Å². The first-order valence-electron chi connectivity index (χ1n) is 4.70. The average molecular weight is 200 g/mol. The largest absolute Gasteiger partial charge is 0.449 e. The third-order valence-electron chi connectivity index (χ3n) is 2.96. The molecule has 2 atom stereocenters. The third-order valence-corrected chi connectivity index (χ3v) is 3.14. The predicted molar refractivity (Wildman–Crippen MR) is 53.0 cm³/mol. The summed E-state index contributed by atoms with van der Waals surface area (Å²) >= 11 is 5.81. The van der Waals surface area contributed by atoms with Crippen molar-refractivity contribution in [1.82, 2.24) is 0 Å². The zero-order valence-electron chi connectivity index (χ0n) is 7.72. The van der Waals surface area contributed by atoms with Gasteiger partial charge in [0.2, 0.25) is 0 Å². The van der Waals surface area contributed by atoms with Gasteiger partial charge in [-0.1, -0.05) is 6.92 Å². The van der Waals surface area contributed by atoms with Crippen LogP contribution >= 0.6 is 11.6 Å². The molecule has 3 heteroatoms. The van der Waals surface area contributed by atoms with Gasteiger partial charge in [-0.15, -0.1) is 0 Å². The Morgan fingerprint density at radius 2 is 2.46 bits per heavy atom. The van der Waals surface area contributed by atoms with E-state index in [1.165, 1.54) is 12.0 Å². The SMILES string of the molecule is CC1CCc2cc(Cl)oc2C1CN. The lowest BCUT2D eigenvalue weighted by Crippen LogP contribution is -2.24. The molecule has 0 fully saturated rings. The van der Waals surface area contributed by atoms with Crippen LogP contribution in [0.4, 0.5) is 0 Å². The summed E-state index contributed by atoms with van der Waals surface area (Å²) in [5.74, 6) is 1.99. The summed E-state index contributed by atoms with van der Waals surface area (Å²) in [4.78, 5) is 0. The highest BCUT2D eigenvalue weighted by atomic mass is 35.5. The molecule has 0 amide bonds. The van der Waals surface area contributed by atoms with E-state index in [0.29, 0.717) is 23.6 Å². The summed E-state index contributed by atoms with van der Waals surface area (Å²) in [5.41, 5.74) is 6.96. The maximum absolute atomic E-state index is 5.81. The van der Waals surface area contributed by atoms with Crippen LogP contribution in [0.25, 0.3) is 0 Å². The maximum Gasteiger partial charge on any atom is 0.193 e. The summed E-state index contributed by atoms with van der Waals surface area (Å²) in [6.45, 7) is 2.87. The van der Waals surface area contributed by atoms with Crippen LogP contribution in [0.3, 0.4) is 0 Å². The van der Waals surface area contributed by atoms with Crippen molar-refractivity contribution in [3.05, 3.63) is 22.6 Å². The van der Waals surface area contributed by atoms with Gasteiger partial charge < -0.3 is 10.2 Å². The van der Waals surface area contributed by atoms with E-state index in [4.69, 9.17) is 21.8 Å². The molecule has 0 radical (unpaired) electrons. The Bertz CT molecular complexity index is 308. The van der Waals surface area contributed by atoms with Gasteiger partial charge in [0.1, 0.15) is 5.76 Å². The van der Waals surface area contributed by atoms with E-state index in [2.05, 4.69) is 6.92 Å². The number of halogens is 1. The minimum absolute atomic E-state index is 0.358. The molecule has 2 rings (SSSR count). The fourth-order valence-electron chi connectivity index (χ4n) is 2.10. The van der Waals surface area contributed by atoms with Gasteiger partial charge >= 0.3 is 0 Å². The highest BCUT2D eigenvalue weighted by Crippen LogP contribution is 2.38. The van der Waals surface area contributed by atoms with Crippen LogP contribution in [-0.2, 0) is 6.42 Å². The number of hydrogen-bond donors (Lipinski definition) is 1. The Morgan fingerprint density at radius 1 is 1.69 bits per heavy atom. The lowest BCUT2D eigenvalue weighted by Gasteiger charge is -2.26. The number of rotatable bonds is 1. The zero-order valence-corrected chi connectivity index (χ0v) is 8.47. The zero-order chi connectivity index (χ0) is 9.42. The molecule has 1 aliphatic rings. The van der Waals surface area contributed by atoms with E-state index in [9.17, 15) is 0 Å². The third kappa shape index (κ3) is 1.49. The van der Waals surface area contributed by atoms with E-state index in [-0.39, 0.29) is 0 Å². The topological polar surface area (TPSA) is 39.2 Å². The van der Waals surface area contributed by atoms with E-state index < -0.39 is 0 Å². The lowest BCUT2D eigenvalue weighted by atomic mass is 9.80. The van der Waals surface area contributed by atoms with Crippen molar-refractivity contribution in [1.29, 1.82) is 0 Å². The molecule has 1 aliphatic carbocycles. The Hall–Kier alpha value is -0.470. The molecule has 0 bridgehead atoms. The highest BCUT2D eigenvalue weighted by Gasteiger charge is 2.29. The Kier molecular flexibility index (Phi) is 2.35. The molecule has 2 N–H and O–H groups in total. The monoisotopic (exact) mass is 199 g/mol. The first kappa shape index (κ1) is 9.10.